The van der Waals surface area contributed by atoms with Crippen LogP contribution in [-0.4, -0.2) is 25.7 Å². The Labute approximate surface area is 100.0 Å². The van der Waals surface area contributed by atoms with Crippen LogP contribution < -0.4 is 5.32 Å². The highest BCUT2D eigenvalue weighted by Crippen LogP contribution is 2.13. The summed E-state index contributed by atoms with van der Waals surface area (Å²) in [6.07, 6.45) is 1.95. The molecule has 1 aliphatic rings. The fourth-order valence-electron chi connectivity index (χ4n) is 1.92. The number of carbonyl (C=O) groups excluding carboxylic acids is 1. The van der Waals surface area contributed by atoms with Crippen LogP contribution in [0.25, 0.3) is 0 Å². The van der Waals surface area contributed by atoms with E-state index in [1.165, 1.54) is 12.1 Å². The van der Waals surface area contributed by atoms with Gasteiger partial charge in [0.05, 0.1) is 0 Å². The van der Waals surface area contributed by atoms with Crippen LogP contribution in [0.15, 0.2) is 24.3 Å². The van der Waals surface area contributed by atoms with Crippen molar-refractivity contribution in [2.75, 3.05) is 19.8 Å². The van der Waals surface area contributed by atoms with E-state index in [9.17, 15) is 9.18 Å². The van der Waals surface area contributed by atoms with Crippen LogP contribution in [0.5, 0.6) is 0 Å². The highest BCUT2D eigenvalue weighted by molar-refractivity contribution is 5.94. The standard InChI is InChI=1S/C13H16FNO2/c14-12-3-1-2-11(8-12)13(16)15-9-10-4-6-17-7-5-10/h1-3,8,10H,4-7,9H2,(H,15,16). The van der Waals surface area contributed by atoms with E-state index in [0.29, 0.717) is 18.0 Å². The molecule has 0 radical (unpaired) electrons. The number of nitrogens with one attached hydrogen (secondary N) is 1. The molecule has 1 aromatic rings. The number of hydrogen-bond donors (Lipinski definition) is 1. The predicted molar refractivity (Wildman–Crippen MR) is 62.3 cm³/mol. The number of carbonyl (C=O) groups is 1. The Balaban J connectivity index is 1.84. The average molecular weight is 237 g/mol. The first-order valence-corrected chi connectivity index (χ1v) is 5.87. The van der Waals surface area contributed by atoms with Crippen LogP contribution in [0.1, 0.15) is 23.2 Å². The van der Waals surface area contributed by atoms with Crippen molar-refractivity contribution < 1.29 is 13.9 Å². The topological polar surface area (TPSA) is 38.3 Å². The van der Waals surface area contributed by atoms with Gasteiger partial charge >= 0.3 is 0 Å². The minimum absolute atomic E-state index is 0.212. The number of hydrogen-bond acceptors (Lipinski definition) is 2. The molecule has 0 saturated carbocycles. The van der Waals surface area contributed by atoms with E-state index >= 15 is 0 Å². The van der Waals surface area contributed by atoms with E-state index in [0.717, 1.165) is 26.1 Å². The molecular formula is C13H16FNO2. The van der Waals surface area contributed by atoms with Crippen molar-refractivity contribution in [3.8, 4) is 0 Å². The lowest BCUT2D eigenvalue weighted by molar-refractivity contribution is 0.0642. The molecule has 92 valence electrons. The van der Waals surface area contributed by atoms with Gasteiger partial charge in [0.1, 0.15) is 5.82 Å². The van der Waals surface area contributed by atoms with E-state index in [-0.39, 0.29) is 11.7 Å². The van der Waals surface area contributed by atoms with Gasteiger partial charge in [0.15, 0.2) is 0 Å². The Bertz CT molecular complexity index is 389. The minimum atomic E-state index is -0.385. The summed E-state index contributed by atoms with van der Waals surface area (Å²) in [6.45, 7) is 2.17. The average Bonchev–Trinajstić information content (AvgIpc) is 2.37. The van der Waals surface area contributed by atoms with Crippen molar-refractivity contribution in [1.82, 2.24) is 5.32 Å². The number of ether oxygens (including phenoxy) is 1. The lowest BCUT2D eigenvalue weighted by atomic mass is 10.0. The number of halogens is 1. The van der Waals surface area contributed by atoms with Gasteiger partial charge in [0.25, 0.3) is 5.91 Å². The molecule has 0 atom stereocenters. The molecule has 0 bridgehead atoms. The van der Waals surface area contributed by atoms with Crippen LogP contribution in [0.2, 0.25) is 0 Å². The van der Waals surface area contributed by atoms with Gasteiger partial charge in [-0.15, -0.1) is 0 Å². The summed E-state index contributed by atoms with van der Waals surface area (Å²) >= 11 is 0. The minimum Gasteiger partial charge on any atom is -0.381 e. The Morgan fingerprint density at radius 1 is 1.41 bits per heavy atom. The van der Waals surface area contributed by atoms with Crippen LogP contribution in [0.4, 0.5) is 4.39 Å². The quantitative estimate of drug-likeness (QED) is 0.873. The highest BCUT2D eigenvalue weighted by atomic mass is 19.1. The lowest BCUT2D eigenvalue weighted by Crippen LogP contribution is -2.32. The summed E-state index contributed by atoms with van der Waals surface area (Å²) in [6, 6.07) is 5.73. The van der Waals surface area contributed by atoms with Crippen molar-refractivity contribution >= 4 is 5.91 Å². The molecule has 0 aliphatic carbocycles. The summed E-state index contributed by atoms with van der Waals surface area (Å²) in [7, 11) is 0. The van der Waals surface area contributed by atoms with Gasteiger partial charge in [0, 0.05) is 25.3 Å². The zero-order valence-corrected chi connectivity index (χ0v) is 9.62. The molecule has 0 unspecified atom stereocenters. The predicted octanol–water partition coefficient (Wildman–Crippen LogP) is 1.98. The SMILES string of the molecule is O=C(NCC1CCOCC1)c1cccc(F)c1. The van der Waals surface area contributed by atoms with Crippen molar-refractivity contribution in [3.63, 3.8) is 0 Å². The molecule has 1 amide bonds. The van der Waals surface area contributed by atoms with E-state index in [1.54, 1.807) is 12.1 Å². The molecule has 1 saturated heterocycles. The van der Waals surface area contributed by atoms with E-state index < -0.39 is 0 Å². The third-order valence-corrected chi connectivity index (χ3v) is 2.98. The molecule has 1 aliphatic heterocycles. The summed E-state index contributed by atoms with van der Waals surface area (Å²) in [5.74, 6) is -0.124. The van der Waals surface area contributed by atoms with Crippen LogP contribution in [0.3, 0.4) is 0 Å². The van der Waals surface area contributed by atoms with E-state index in [2.05, 4.69) is 5.32 Å². The Hall–Kier alpha value is -1.42. The fraction of sp³-hybridized carbons (Fsp3) is 0.462. The molecule has 17 heavy (non-hydrogen) atoms. The Kier molecular flexibility index (Phi) is 4.09. The molecule has 3 nitrogen and oxygen atoms in total. The first kappa shape index (κ1) is 12.0. The summed E-state index contributed by atoms with van der Waals surface area (Å²) in [4.78, 5) is 11.7. The van der Waals surface area contributed by atoms with Crippen LogP contribution in [-0.2, 0) is 4.74 Å². The highest BCUT2D eigenvalue weighted by Gasteiger charge is 2.15. The van der Waals surface area contributed by atoms with Gasteiger partial charge in [-0.25, -0.2) is 4.39 Å². The smallest absolute Gasteiger partial charge is 0.251 e. The molecule has 1 heterocycles. The second-order valence-electron chi connectivity index (χ2n) is 4.28. The van der Waals surface area contributed by atoms with Crippen molar-refractivity contribution in [1.29, 1.82) is 0 Å². The third kappa shape index (κ3) is 3.53. The van der Waals surface area contributed by atoms with Gasteiger partial charge in [-0.1, -0.05) is 6.07 Å². The maximum Gasteiger partial charge on any atom is 0.251 e. The zero-order chi connectivity index (χ0) is 12.1. The molecule has 1 N–H and O–H groups in total. The molecule has 1 fully saturated rings. The van der Waals surface area contributed by atoms with Crippen LogP contribution >= 0.6 is 0 Å². The van der Waals surface area contributed by atoms with Crippen molar-refractivity contribution in [3.05, 3.63) is 35.6 Å². The number of amides is 1. The first-order chi connectivity index (χ1) is 8.25. The van der Waals surface area contributed by atoms with Gasteiger partial charge in [0.2, 0.25) is 0 Å². The summed E-state index contributed by atoms with van der Waals surface area (Å²) in [5.41, 5.74) is 0.372. The Morgan fingerprint density at radius 2 is 2.18 bits per heavy atom. The van der Waals surface area contributed by atoms with Gasteiger partial charge < -0.3 is 10.1 Å². The lowest BCUT2D eigenvalue weighted by Gasteiger charge is -2.22. The number of benzene rings is 1. The van der Waals surface area contributed by atoms with Gasteiger partial charge in [-0.3, -0.25) is 4.79 Å². The molecule has 2 rings (SSSR count). The van der Waals surface area contributed by atoms with Crippen molar-refractivity contribution in [2.45, 2.75) is 12.8 Å². The van der Waals surface area contributed by atoms with Crippen molar-refractivity contribution in [2.24, 2.45) is 5.92 Å². The monoisotopic (exact) mass is 237 g/mol. The second kappa shape index (κ2) is 5.77. The fourth-order valence-corrected chi connectivity index (χ4v) is 1.92. The van der Waals surface area contributed by atoms with E-state index in [1.807, 2.05) is 0 Å². The van der Waals surface area contributed by atoms with E-state index in [4.69, 9.17) is 4.74 Å². The maximum absolute atomic E-state index is 12.9. The normalized spacial score (nSPS) is 16.8. The zero-order valence-electron chi connectivity index (χ0n) is 9.62. The number of rotatable bonds is 3. The largest absolute Gasteiger partial charge is 0.381 e. The van der Waals surface area contributed by atoms with Crippen LogP contribution in [0, 0.1) is 11.7 Å². The third-order valence-electron chi connectivity index (χ3n) is 2.98. The van der Waals surface area contributed by atoms with Gasteiger partial charge in [-0.05, 0) is 37.0 Å². The summed E-state index contributed by atoms with van der Waals surface area (Å²) < 4.78 is 18.2. The van der Waals surface area contributed by atoms with Gasteiger partial charge in [-0.2, -0.15) is 0 Å². The maximum atomic E-state index is 12.9. The molecule has 0 aromatic heterocycles. The molecule has 0 spiro atoms. The molecule has 4 heteroatoms. The molecular weight excluding hydrogens is 221 g/mol. The second-order valence-corrected chi connectivity index (χ2v) is 4.28. The first-order valence-electron chi connectivity index (χ1n) is 5.87. The molecule has 1 aromatic carbocycles. The summed E-state index contributed by atoms with van der Waals surface area (Å²) in [5, 5.41) is 2.83. The Morgan fingerprint density at radius 3 is 2.88 bits per heavy atom.